The smallest absolute Gasteiger partial charge is 0.132 e. The summed E-state index contributed by atoms with van der Waals surface area (Å²) >= 11 is 1.66. The molecule has 3 heterocycles. The van der Waals surface area contributed by atoms with Crippen molar-refractivity contribution in [3.63, 3.8) is 0 Å². The molecule has 1 aliphatic heterocycles. The van der Waals surface area contributed by atoms with Crippen LogP contribution < -0.4 is 10.6 Å². The molecule has 118 valence electrons. The van der Waals surface area contributed by atoms with E-state index in [2.05, 4.69) is 37.9 Å². The Morgan fingerprint density at radius 1 is 1.36 bits per heavy atom. The molecule has 0 spiro atoms. The molecule has 6 nitrogen and oxygen atoms in total. The van der Waals surface area contributed by atoms with E-state index in [0.717, 1.165) is 48.4 Å². The number of hydrogen-bond acceptors (Lipinski definition) is 7. The lowest BCUT2D eigenvalue weighted by Crippen LogP contribution is -2.30. The first kappa shape index (κ1) is 15.2. The van der Waals surface area contributed by atoms with Gasteiger partial charge in [-0.05, 0) is 26.7 Å². The van der Waals surface area contributed by atoms with E-state index in [1.165, 1.54) is 0 Å². The van der Waals surface area contributed by atoms with Gasteiger partial charge < -0.3 is 15.4 Å². The first-order valence-electron chi connectivity index (χ1n) is 7.55. The van der Waals surface area contributed by atoms with Crippen molar-refractivity contribution in [2.45, 2.75) is 38.8 Å². The van der Waals surface area contributed by atoms with Crippen molar-refractivity contribution in [1.82, 2.24) is 15.0 Å². The van der Waals surface area contributed by atoms with Crippen LogP contribution in [0.25, 0.3) is 0 Å². The Labute approximate surface area is 134 Å². The van der Waals surface area contributed by atoms with Gasteiger partial charge >= 0.3 is 0 Å². The van der Waals surface area contributed by atoms with Gasteiger partial charge in [-0.1, -0.05) is 0 Å². The van der Waals surface area contributed by atoms with Gasteiger partial charge in [0.2, 0.25) is 0 Å². The zero-order valence-corrected chi connectivity index (χ0v) is 13.7. The minimum Gasteiger partial charge on any atom is -0.379 e. The van der Waals surface area contributed by atoms with Crippen LogP contribution in [0, 0.1) is 6.92 Å². The zero-order valence-electron chi connectivity index (χ0n) is 12.9. The summed E-state index contributed by atoms with van der Waals surface area (Å²) < 4.78 is 5.48. The Bertz CT molecular complexity index is 611. The van der Waals surface area contributed by atoms with Gasteiger partial charge in [0, 0.05) is 23.7 Å². The molecule has 0 aromatic carbocycles. The Balaban J connectivity index is 1.63. The Hall–Kier alpha value is -1.73. The SMILES string of the molecule is Cc1csc(C(C)Nc2cc(NC3CCCOC3)ncn2)n1. The van der Waals surface area contributed by atoms with Gasteiger partial charge in [-0.3, -0.25) is 0 Å². The van der Waals surface area contributed by atoms with Crippen LogP contribution in [0.3, 0.4) is 0 Å². The number of anilines is 2. The predicted molar refractivity (Wildman–Crippen MR) is 88.4 cm³/mol. The minimum atomic E-state index is 0.125. The van der Waals surface area contributed by atoms with E-state index in [4.69, 9.17) is 4.74 Å². The molecule has 0 bridgehead atoms. The standard InChI is InChI=1S/C15H21N5OS/c1-10-8-22-15(18-10)11(2)19-13-6-14(17-9-16-13)20-12-4-3-5-21-7-12/h6,8-9,11-12H,3-5,7H2,1-2H3,(H2,16,17,19,20). The largest absolute Gasteiger partial charge is 0.379 e. The predicted octanol–water partition coefficient (Wildman–Crippen LogP) is 3.01. The van der Waals surface area contributed by atoms with Crippen molar-refractivity contribution in [3.05, 3.63) is 28.5 Å². The third kappa shape index (κ3) is 3.92. The van der Waals surface area contributed by atoms with Crippen molar-refractivity contribution < 1.29 is 4.74 Å². The third-order valence-corrected chi connectivity index (χ3v) is 4.70. The quantitative estimate of drug-likeness (QED) is 0.882. The van der Waals surface area contributed by atoms with Gasteiger partial charge in [0.15, 0.2) is 0 Å². The monoisotopic (exact) mass is 319 g/mol. The molecule has 2 unspecified atom stereocenters. The van der Waals surface area contributed by atoms with Crippen LogP contribution >= 0.6 is 11.3 Å². The van der Waals surface area contributed by atoms with E-state index in [9.17, 15) is 0 Å². The normalized spacial score (nSPS) is 19.6. The average molecular weight is 319 g/mol. The number of aryl methyl sites for hydroxylation is 1. The van der Waals surface area contributed by atoms with Crippen LogP contribution in [0.5, 0.6) is 0 Å². The maximum atomic E-state index is 5.48. The van der Waals surface area contributed by atoms with Crippen LogP contribution in [0.15, 0.2) is 17.8 Å². The number of hydrogen-bond donors (Lipinski definition) is 2. The van der Waals surface area contributed by atoms with Gasteiger partial charge in [0.25, 0.3) is 0 Å². The summed E-state index contributed by atoms with van der Waals surface area (Å²) in [4.78, 5) is 13.1. The van der Waals surface area contributed by atoms with Crippen molar-refractivity contribution in [2.24, 2.45) is 0 Å². The van der Waals surface area contributed by atoms with Crippen LogP contribution in [0.2, 0.25) is 0 Å². The summed E-state index contributed by atoms with van der Waals surface area (Å²) in [7, 11) is 0. The van der Waals surface area contributed by atoms with E-state index >= 15 is 0 Å². The fourth-order valence-corrected chi connectivity index (χ4v) is 3.24. The maximum Gasteiger partial charge on any atom is 0.132 e. The van der Waals surface area contributed by atoms with Crippen LogP contribution in [0.1, 0.15) is 36.5 Å². The van der Waals surface area contributed by atoms with E-state index in [0.29, 0.717) is 6.04 Å². The summed E-state index contributed by atoms with van der Waals surface area (Å²) in [6.07, 6.45) is 3.78. The van der Waals surface area contributed by atoms with Gasteiger partial charge in [-0.15, -0.1) is 11.3 Å². The fraction of sp³-hybridized carbons (Fsp3) is 0.533. The molecular weight excluding hydrogens is 298 g/mol. The number of thiazole rings is 1. The fourth-order valence-electron chi connectivity index (χ4n) is 2.43. The Morgan fingerprint density at radius 2 is 2.23 bits per heavy atom. The summed E-state index contributed by atoms with van der Waals surface area (Å²) in [5, 5.41) is 9.90. The Kier molecular flexibility index (Phi) is 4.84. The second-order valence-electron chi connectivity index (χ2n) is 5.54. The third-order valence-electron chi connectivity index (χ3n) is 3.55. The molecule has 0 amide bonds. The highest BCUT2D eigenvalue weighted by atomic mass is 32.1. The molecular formula is C15H21N5OS. The highest BCUT2D eigenvalue weighted by molar-refractivity contribution is 7.09. The van der Waals surface area contributed by atoms with Gasteiger partial charge in [0.1, 0.15) is 23.0 Å². The molecule has 2 atom stereocenters. The lowest BCUT2D eigenvalue weighted by molar-refractivity contribution is 0.0875. The summed E-state index contributed by atoms with van der Waals surface area (Å²) in [5.41, 5.74) is 1.05. The summed E-state index contributed by atoms with van der Waals surface area (Å²) in [6.45, 7) is 5.69. The lowest BCUT2D eigenvalue weighted by Gasteiger charge is -2.23. The van der Waals surface area contributed by atoms with E-state index in [1.54, 1.807) is 17.7 Å². The summed E-state index contributed by atoms with van der Waals surface area (Å²) in [5.74, 6) is 1.63. The molecule has 3 rings (SSSR count). The molecule has 1 saturated heterocycles. The molecule has 1 fully saturated rings. The highest BCUT2D eigenvalue weighted by Crippen LogP contribution is 2.22. The van der Waals surface area contributed by atoms with E-state index < -0.39 is 0 Å². The zero-order chi connectivity index (χ0) is 15.4. The number of ether oxygens (including phenoxy) is 1. The highest BCUT2D eigenvalue weighted by Gasteiger charge is 2.15. The molecule has 0 aliphatic carbocycles. The molecule has 2 N–H and O–H groups in total. The van der Waals surface area contributed by atoms with Crippen LogP contribution in [0.4, 0.5) is 11.6 Å². The maximum absolute atomic E-state index is 5.48. The van der Waals surface area contributed by atoms with E-state index in [-0.39, 0.29) is 6.04 Å². The van der Waals surface area contributed by atoms with E-state index in [1.807, 2.05) is 13.0 Å². The Morgan fingerprint density at radius 3 is 2.95 bits per heavy atom. The summed E-state index contributed by atoms with van der Waals surface area (Å²) in [6, 6.07) is 2.39. The minimum absolute atomic E-state index is 0.125. The van der Waals surface area contributed by atoms with Crippen molar-refractivity contribution in [1.29, 1.82) is 0 Å². The molecule has 2 aromatic heterocycles. The molecule has 0 radical (unpaired) electrons. The first-order valence-corrected chi connectivity index (χ1v) is 8.43. The van der Waals surface area contributed by atoms with Crippen molar-refractivity contribution >= 4 is 23.0 Å². The van der Waals surface area contributed by atoms with Gasteiger partial charge in [0.05, 0.1) is 18.7 Å². The second kappa shape index (κ2) is 7.02. The van der Waals surface area contributed by atoms with Gasteiger partial charge in [-0.2, -0.15) is 0 Å². The van der Waals surface area contributed by atoms with Gasteiger partial charge in [-0.25, -0.2) is 15.0 Å². The number of aromatic nitrogens is 3. The molecule has 0 saturated carbocycles. The average Bonchev–Trinajstić information content (AvgIpc) is 2.95. The molecule has 7 heteroatoms. The van der Waals surface area contributed by atoms with Crippen LogP contribution in [-0.4, -0.2) is 34.2 Å². The first-order chi connectivity index (χ1) is 10.7. The number of rotatable bonds is 5. The van der Waals surface area contributed by atoms with Crippen molar-refractivity contribution in [2.75, 3.05) is 23.8 Å². The topological polar surface area (TPSA) is 72.0 Å². The molecule has 22 heavy (non-hydrogen) atoms. The van der Waals surface area contributed by atoms with Crippen LogP contribution in [-0.2, 0) is 4.74 Å². The molecule has 1 aliphatic rings. The lowest BCUT2D eigenvalue weighted by atomic mass is 10.1. The number of nitrogens with zero attached hydrogens (tertiary/aromatic N) is 3. The second-order valence-corrected chi connectivity index (χ2v) is 6.43. The molecule has 2 aromatic rings. The number of nitrogens with one attached hydrogen (secondary N) is 2. The van der Waals surface area contributed by atoms with Crippen molar-refractivity contribution in [3.8, 4) is 0 Å².